The van der Waals surface area contributed by atoms with Gasteiger partial charge in [0.25, 0.3) is 0 Å². The van der Waals surface area contributed by atoms with Crippen molar-refractivity contribution in [2.75, 3.05) is 38.4 Å². The number of rotatable bonds is 8. The van der Waals surface area contributed by atoms with E-state index in [0.717, 1.165) is 27.7 Å². The predicted octanol–water partition coefficient (Wildman–Crippen LogP) is 3.79. The summed E-state index contributed by atoms with van der Waals surface area (Å²) in [6.45, 7) is 0.258. The van der Waals surface area contributed by atoms with Crippen molar-refractivity contribution in [1.29, 1.82) is 0 Å². The van der Waals surface area contributed by atoms with E-state index in [4.69, 9.17) is 19.2 Å². The monoisotopic (exact) mass is 502 g/mol. The number of halogens is 2. The molecule has 1 unspecified atom stereocenters. The number of alkyl halides is 2. The van der Waals surface area contributed by atoms with Gasteiger partial charge in [0.15, 0.2) is 0 Å². The van der Waals surface area contributed by atoms with Crippen LogP contribution in [0.4, 0.5) is 14.6 Å². The molecule has 0 aromatic carbocycles. The lowest BCUT2D eigenvalue weighted by Crippen LogP contribution is -2.37. The minimum absolute atomic E-state index is 0.0963. The normalized spacial score (nSPS) is 19.2. The topological polar surface area (TPSA) is 96.7 Å². The molecular formula is C25H28F2N4O5. The van der Waals surface area contributed by atoms with Crippen molar-refractivity contribution in [2.24, 2.45) is 7.05 Å². The van der Waals surface area contributed by atoms with Gasteiger partial charge >= 0.3 is 6.61 Å². The van der Waals surface area contributed by atoms with Gasteiger partial charge in [-0.2, -0.15) is 8.78 Å². The number of hydrogen-bond donors (Lipinski definition) is 1. The number of anilines is 1. The zero-order valence-electron chi connectivity index (χ0n) is 20.2. The largest absolute Gasteiger partial charge is 0.493 e. The molecule has 1 atom stereocenters. The highest BCUT2D eigenvalue weighted by Gasteiger charge is 2.44. The fourth-order valence-electron chi connectivity index (χ4n) is 4.84. The van der Waals surface area contributed by atoms with Gasteiger partial charge in [0, 0.05) is 68.6 Å². The Balaban J connectivity index is 1.57. The lowest BCUT2D eigenvalue weighted by molar-refractivity contribution is -0.130. The Morgan fingerprint density at radius 1 is 1.31 bits per heavy atom. The van der Waals surface area contributed by atoms with Crippen molar-refractivity contribution in [1.82, 2.24) is 14.5 Å². The van der Waals surface area contributed by atoms with Crippen molar-refractivity contribution in [2.45, 2.75) is 38.4 Å². The van der Waals surface area contributed by atoms with Crippen LogP contribution in [-0.2, 0) is 38.1 Å². The lowest BCUT2D eigenvalue weighted by Gasteiger charge is -2.34. The van der Waals surface area contributed by atoms with Crippen LogP contribution in [0.2, 0.25) is 0 Å². The van der Waals surface area contributed by atoms with Gasteiger partial charge in [0.2, 0.25) is 5.91 Å². The molecule has 9 nitrogen and oxygen atoms in total. The highest BCUT2D eigenvalue weighted by molar-refractivity contribution is 5.98. The zero-order valence-corrected chi connectivity index (χ0v) is 20.2. The summed E-state index contributed by atoms with van der Waals surface area (Å²) in [6, 6.07) is 3.70. The van der Waals surface area contributed by atoms with Gasteiger partial charge in [-0.15, -0.1) is 0 Å². The molecule has 0 saturated carbocycles. The number of hydrogen-bond acceptors (Lipinski definition) is 7. The summed E-state index contributed by atoms with van der Waals surface area (Å²) >= 11 is 0. The van der Waals surface area contributed by atoms with Crippen LogP contribution in [-0.4, -0.2) is 60.1 Å². The molecule has 5 heterocycles. The second kappa shape index (κ2) is 10.1. The van der Waals surface area contributed by atoms with Crippen LogP contribution in [0.3, 0.4) is 0 Å². The molecule has 0 radical (unpaired) electrons. The van der Waals surface area contributed by atoms with E-state index in [1.54, 1.807) is 6.20 Å². The number of amides is 1. The first-order chi connectivity index (χ1) is 17.4. The molecule has 3 aromatic rings. The van der Waals surface area contributed by atoms with E-state index in [0.29, 0.717) is 56.3 Å². The van der Waals surface area contributed by atoms with Crippen molar-refractivity contribution < 1.29 is 32.5 Å². The smallest absolute Gasteiger partial charge is 0.345 e. The van der Waals surface area contributed by atoms with E-state index in [9.17, 15) is 13.6 Å². The van der Waals surface area contributed by atoms with Gasteiger partial charge < -0.3 is 28.8 Å². The second-order valence-electron chi connectivity index (χ2n) is 8.98. The van der Waals surface area contributed by atoms with E-state index >= 15 is 0 Å². The number of nitrogens with one attached hydrogen (secondary N) is 1. The number of fused-ring (bicyclic) bond motifs is 3. The third-order valence-electron chi connectivity index (χ3n) is 6.48. The molecule has 0 aliphatic carbocycles. The highest BCUT2D eigenvalue weighted by Crippen LogP contribution is 2.44. The van der Waals surface area contributed by atoms with E-state index < -0.39 is 12.2 Å². The Labute approximate surface area is 206 Å². The quantitative estimate of drug-likeness (QED) is 0.468. The number of pyridine rings is 2. The summed E-state index contributed by atoms with van der Waals surface area (Å²) in [7, 11) is 1.92. The predicted molar refractivity (Wildman–Crippen MR) is 127 cm³/mol. The molecule has 1 amide bonds. The summed E-state index contributed by atoms with van der Waals surface area (Å²) in [6.07, 6.45) is 5.30. The average molecular weight is 503 g/mol. The number of ether oxygens (including phenoxy) is 4. The minimum Gasteiger partial charge on any atom is -0.493 e. The van der Waals surface area contributed by atoms with Crippen LogP contribution >= 0.6 is 0 Å². The minimum atomic E-state index is -2.80. The Bertz CT molecular complexity index is 1270. The van der Waals surface area contributed by atoms with Crippen LogP contribution in [0.5, 0.6) is 5.75 Å². The van der Waals surface area contributed by atoms with Crippen molar-refractivity contribution in [3.63, 3.8) is 0 Å². The SMILES string of the molecule is CC(=O)Nc1cc2c(-c3cc(OCCCOC(F)F)c4c(n3)C3(CCOC3)OCC4)cn(C)c2cn1. The third kappa shape index (κ3) is 4.78. The molecule has 2 aliphatic heterocycles. The summed E-state index contributed by atoms with van der Waals surface area (Å²) in [5, 5.41) is 3.60. The highest BCUT2D eigenvalue weighted by atomic mass is 19.3. The van der Waals surface area contributed by atoms with Crippen LogP contribution in [0.15, 0.2) is 24.5 Å². The van der Waals surface area contributed by atoms with Gasteiger partial charge in [-0.1, -0.05) is 0 Å². The molecule has 192 valence electrons. The van der Waals surface area contributed by atoms with Gasteiger partial charge in [-0.25, -0.2) is 9.97 Å². The number of nitrogens with zero attached hydrogens (tertiary/aromatic N) is 3. The summed E-state index contributed by atoms with van der Waals surface area (Å²) in [5.74, 6) is 0.882. The fraction of sp³-hybridized carbons (Fsp3) is 0.480. The Morgan fingerprint density at radius 2 is 2.17 bits per heavy atom. The number of aromatic nitrogens is 3. The standard InChI is InChI=1S/C25H28F2N4O5/c1-15(32)29-22-10-17-18(13-31(2)20(17)12-28-22)19-11-21(34-6-3-7-35-24(26)27)16-4-8-36-25(23(16)30-19)5-9-33-14-25/h10-13,24H,3-9,14H2,1-2H3,(H,28,29,32). The van der Waals surface area contributed by atoms with Crippen molar-refractivity contribution in [3.05, 3.63) is 35.8 Å². The summed E-state index contributed by atoms with van der Waals surface area (Å²) in [4.78, 5) is 21.0. The Morgan fingerprint density at radius 3 is 2.92 bits per heavy atom. The molecular weight excluding hydrogens is 474 g/mol. The second-order valence-corrected chi connectivity index (χ2v) is 8.98. The van der Waals surface area contributed by atoms with Crippen LogP contribution in [0.25, 0.3) is 22.2 Å². The molecule has 0 bridgehead atoms. The van der Waals surface area contributed by atoms with Crippen LogP contribution in [0, 0.1) is 0 Å². The maximum absolute atomic E-state index is 12.3. The van der Waals surface area contributed by atoms with Crippen molar-refractivity contribution >= 4 is 22.6 Å². The van der Waals surface area contributed by atoms with Gasteiger partial charge in [0.05, 0.1) is 49.5 Å². The van der Waals surface area contributed by atoms with E-state index in [-0.39, 0.29) is 19.1 Å². The molecule has 1 spiro atoms. The average Bonchev–Trinajstić information content (AvgIpc) is 3.43. The fourth-order valence-corrected chi connectivity index (χ4v) is 4.84. The first-order valence-corrected chi connectivity index (χ1v) is 11.9. The maximum Gasteiger partial charge on any atom is 0.345 e. The zero-order chi connectivity index (χ0) is 25.3. The number of aryl methyl sites for hydroxylation is 1. The Hall–Kier alpha value is -3.15. The van der Waals surface area contributed by atoms with E-state index in [1.807, 2.05) is 29.9 Å². The first kappa shape index (κ1) is 24.5. The maximum atomic E-state index is 12.3. The molecule has 1 N–H and O–H groups in total. The lowest BCUT2D eigenvalue weighted by atomic mass is 9.89. The summed E-state index contributed by atoms with van der Waals surface area (Å²) < 4.78 is 49.0. The molecule has 1 saturated heterocycles. The first-order valence-electron chi connectivity index (χ1n) is 11.9. The van der Waals surface area contributed by atoms with Crippen molar-refractivity contribution in [3.8, 4) is 17.0 Å². The van der Waals surface area contributed by atoms with Gasteiger partial charge in [-0.05, 0) is 6.07 Å². The summed E-state index contributed by atoms with van der Waals surface area (Å²) in [5.41, 5.74) is 3.49. The number of carbonyl (C=O) groups is 1. The third-order valence-corrected chi connectivity index (χ3v) is 6.48. The molecule has 5 rings (SSSR count). The molecule has 11 heteroatoms. The molecule has 36 heavy (non-hydrogen) atoms. The van der Waals surface area contributed by atoms with Crippen LogP contribution < -0.4 is 10.1 Å². The molecule has 3 aromatic heterocycles. The molecule has 2 aliphatic rings. The van der Waals surface area contributed by atoms with Crippen LogP contribution in [0.1, 0.15) is 31.0 Å². The molecule has 1 fully saturated rings. The number of carbonyl (C=O) groups excluding carboxylic acids is 1. The Kier molecular flexibility index (Phi) is 6.87. The van der Waals surface area contributed by atoms with Gasteiger partial charge in [0.1, 0.15) is 17.2 Å². The van der Waals surface area contributed by atoms with Gasteiger partial charge in [-0.3, -0.25) is 4.79 Å². The van der Waals surface area contributed by atoms with E-state index in [2.05, 4.69) is 15.0 Å². The van der Waals surface area contributed by atoms with E-state index in [1.165, 1.54) is 6.92 Å².